The number of hydrogen-bond donors (Lipinski definition) is 2. The van der Waals surface area contributed by atoms with Crippen LogP contribution in [-0.4, -0.2) is 80.8 Å². The van der Waals surface area contributed by atoms with Gasteiger partial charge < -0.3 is 19.9 Å². The second kappa shape index (κ2) is 15.6. The van der Waals surface area contributed by atoms with Crippen molar-refractivity contribution in [1.29, 1.82) is 0 Å². The molecular formula is C42H42N4O6S. The summed E-state index contributed by atoms with van der Waals surface area (Å²) in [5, 5.41) is 5.26. The number of nitrogens with one attached hydrogen (secondary N) is 2. The van der Waals surface area contributed by atoms with E-state index in [1.54, 1.807) is 53.2 Å². The molecule has 2 heterocycles. The Morgan fingerprint density at radius 3 is 2.32 bits per heavy atom. The second-order valence-corrected chi connectivity index (χ2v) is 15.5. The maximum Gasteiger partial charge on any atom is 0.253 e. The van der Waals surface area contributed by atoms with Crippen LogP contribution in [0.15, 0.2) is 126 Å². The molecule has 5 aromatic carbocycles. The number of fused-ring (bicyclic) bond motifs is 4. The van der Waals surface area contributed by atoms with E-state index in [0.29, 0.717) is 30.7 Å². The fourth-order valence-electron chi connectivity index (χ4n) is 7.17. The van der Waals surface area contributed by atoms with Gasteiger partial charge in [0.2, 0.25) is 21.8 Å². The van der Waals surface area contributed by atoms with Gasteiger partial charge in [0.25, 0.3) is 5.91 Å². The van der Waals surface area contributed by atoms with Crippen LogP contribution in [0.5, 0.6) is 5.75 Å². The molecule has 11 heteroatoms. The molecule has 2 N–H and O–H groups in total. The first-order valence-electron chi connectivity index (χ1n) is 17.9. The Labute approximate surface area is 309 Å². The highest BCUT2D eigenvalue weighted by Gasteiger charge is 2.40. The van der Waals surface area contributed by atoms with Gasteiger partial charge in [0.05, 0.1) is 17.4 Å². The van der Waals surface area contributed by atoms with Crippen LogP contribution < -0.4 is 14.8 Å². The van der Waals surface area contributed by atoms with Crippen molar-refractivity contribution < 1.29 is 27.5 Å². The van der Waals surface area contributed by atoms with Crippen molar-refractivity contribution >= 4 is 38.5 Å². The third kappa shape index (κ3) is 8.42. The molecular weight excluding hydrogens is 689 g/mol. The van der Waals surface area contributed by atoms with Gasteiger partial charge in [-0.15, -0.1) is 0 Å². The summed E-state index contributed by atoms with van der Waals surface area (Å²) in [6.07, 6.45) is 1.11. The van der Waals surface area contributed by atoms with E-state index in [-0.39, 0.29) is 48.7 Å². The Bertz CT molecular complexity index is 2230. The van der Waals surface area contributed by atoms with Crippen molar-refractivity contribution in [2.75, 3.05) is 26.7 Å². The molecule has 5 aromatic rings. The van der Waals surface area contributed by atoms with E-state index in [2.05, 4.69) is 10.0 Å². The molecule has 10 nitrogen and oxygen atoms in total. The van der Waals surface area contributed by atoms with E-state index in [9.17, 15) is 22.8 Å². The van der Waals surface area contributed by atoms with Gasteiger partial charge >= 0.3 is 0 Å². The SMILES string of the molecule is CN1CCC[C@H](NS(=O)(=O)c2ccc(-c3ccccc3)cc2)C(=O)N2C[C@@H](NC(=O)Cc3ccc4ccccc4c3)C[C@H]2COc2cccc(c2)C1=O. The molecule has 53 heavy (non-hydrogen) atoms. The molecule has 3 atom stereocenters. The molecule has 3 amide bonds. The van der Waals surface area contributed by atoms with E-state index in [0.717, 1.165) is 27.5 Å². The number of carbonyl (C=O) groups excluding carboxylic acids is 3. The highest BCUT2D eigenvalue weighted by molar-refractivity contribution is 7.89. The van der Waals surface area contributed by atoms with Gasteiger partial charge in [-0.1, -0.05) is 91.0 Å². The summed E-state index contributed by atoms with van der Waals surface area (Å²) in [6, 6.07) is 35.1. The molecule has 0 radical (unpaired) electrons. The zero-order chi connectivity index (χ0) is 37.0. The lowest BCUT2D eigenvalue weighted by Crippen LogP contribution is -2.51. The number of benzene rings is 5. The zero-order valence-electron chi connectivity index (χ0n) is 29.5. The first kappa shape index (κ1) is 35.9. The summed E-state index contributed by atoms with van der Waals surface area (Å²) in [4.78, 5) is 44.3. The van der Waals surface area contributed by atoms with Crippen LogP contribution in [0.4, 0.5) is 0 Å². The summed E-state index contributed by atoms with van der Waals surface area (Å²) >= 11 is 0. The summed E-state index contributed by atoms with van der Waals surface area (Å²) in [5.74, 6) is -0.301. The number of carbonyl (C=O) groups is 3. The number of sulfonamides is 1. The largest absolute Gasteiger partial charge is 0.491 e. The van der Waals surface area contributed by atoms with Crippen LogP contribution in [-0.2, 0) is 26.0 Å². The topological polar surface area (TPSA) is 125 Å². The van der Waals surface area contributed by atoms with Gasteiger partial charge in [-0.25, -0.2) is 8.42 Å². The molecule has 272 valence electrons. The highest BCUT2D eigenvalue weighted by Crippen LogP contribution is 2.26. The Balaban J connectivity index is 1.12. The molecule has 2 aliphatic rings. The molecule has 7 rings (SSSR count). The molecule has 1 saturated heterocycles. The molecule has 2 bridgehead atoms. The van der Waals surface area contributed by atoms with Gasteiger partial charge in [0.15, 0.2) is 0 Å². The van der Waals surface area contributed by atoms with Crippen molar-refractivity contribution in [3.63, 3.8) is 0 Å². The smallest absolute Gasteiger partial charge is 0.253 e. The average molecular weight is 731 g/mol. The summed E-state index contributed by atoms with van der Waals surface area (Å²) in [5.41, 5.74) is 3.17. The van der Waals surface area contributed by atoms with E-state index < -0.39 is 28.0 Å². The first-order chi connectivity index (χ1) is 25.6. The minimum atomic E-state index is -4.12. The predicted octanol–water partition coefficient (Wildman–Crippen LogP) is 5.43. The van der Waals surface area contributed by atoms with E-state index in [1.165, 1.54) is 12.1 Å². The lowest BCUT2D eigenvalue weighted by Gasteiger charge is -2.30. The maximum absolute atomic E-state index is 14.5. The average Bonchev–Trinajstić information content (AvgIpc) is 3.58. The Kier molecular flexibility index (Phi) is 10.6. The maximum atomic E-state index is 14.5. The summed E-state index contributed by atoms with van der Waals surface area (Å²) in [7, 11) is -2.45. The number of nitrogens with zero attached hydrogens (tertiary/aromatic N) is 2. The fraction of sp³-hybridized carbons (Fsp3) is 0.262. The van der Waals surface area contributed by atoms with Crippen LogP contribution in [0, 0.1) is 0 Å². The third-order valence-electron chi connectivity index (χ3n) is 9.96. The monoisotopic (exact) mass is 730 g/mol. The number of amides is 3. The standard InChI is InChI=1S/C42H42N4O6S/c1-45-22-8-15-39(44-53(50,51)38-20-18-32(19-21-38)30-9-3-2-4-10-30)42(49)46-27-35(26-36(46)28-52-37-14-7-13-34(25-37)41(45)48)43-40(47)24-29-16-17-31-11-5-6-12-33(31)23-29/h2-7,9-14,16-21,23,25,35-36,39,44H,8,15,22,24,26-28H2,1H3,(H,43,47)/t35-,36-,39-/m0/s1. The van der Waals surface area contributed by atoms with Crippen LogP contribution in [0.25, 0.3) is 21.9 Å². The number of ether oxygens (including phenoxy) is 1. The molecule has 0 aliphatic carbocycles. The highest BCUT2D eigenvalue weighted by atomic mass is 32.2. The quantitative estimate of drug-likeness (QED) is 0.230. The lowest BCUT2D eigenvalue weighted by molar-refractivity contribution is -0.134. The molecule has 0 unspecified atom stereocenters. The summed E-state index contributed by atoms with van der Waals surface area (Å²) in [6.45, 7) is 0.591. The van der Waals surface area contributed by atoms with Crippen molar-refractivity contribution in [2.45, 2.75) is 48.7 Å². The number of rotatable bonds is 7. The molecule has 0 aromatic heterocycles. The normalized spacial score (nSPS) is 19.7. The van der Waals surface area contributed by atoms with Gasteiger partial charge in [0.1, 0.15) is 18.4 Å². The molecule has 0 saturated carbocycles. The van der Waals surface area contributed by atoms with Crippen LogP contribution >= 0.6 is 0 Å². The van der Waals surface area contributed by atoms with Crippen LogP contribution in [0.3, 0.4) is 0 Å². The van der Waals surface area contributed by atoms with Crippen molar-refractivity contribution in [3.05, 3.63) is 132 Å². The predicted molar refractivity (Wildman–Crippen MR) is 204 cm³/mol. The Morgan fingerprint density at radius 2 is 1.53 bits per heavy atom. The second-order valence-electron chi connectivity index (χ2n) is 13.8. The van der Waals surface area contributed by atoms with E-state index in [4.69, 9.17) is 4.74 Å². The Morgan fingerprint density at radius 1 is 0.811 bits per heavy atom. The first-order valence-corrected chi connectivity index (χ1v) is 19.3. The van der Waals surface area contributed by atoms with Crippen molar-refractivity contribution in [3.8, 4) is 16.9 Å². The third-order valence-corrected chi connectivity index (χ3v) is 11.5. The van der Waals surface area contributed by atoms with E-state index in [1.807, 2.05) is 72.8 Å². The van der Waals surface area contributed by atoms with Crippen molar-refractivity contribution in [1.82, 2.24) is 19.8 Å². The van der Waals surface area contributed by atoms with Gasteiger partial charge in [-0.05, 0) is 77.1 Å². The van der Waals surface area contributed by atoms with Crippen molar-refractivity contribution in [2.24, 2.45) is 0 Å². The molecule has 2 aliphatic heterocycles. The Hall–Kier alpha value is -5.52. The zero-order valence-corrected chi connectivity index (χ0v) is 30.3. The minimum Gasteiger partial charge on any atom is -0.491 e. The van der Waals surface area contributed by atoms with E-state index >= 15 is 0 Å². The minimum absolute atomic E-state index is 0.0373. The summed E-state index contributed by atoms with van der Waals surface area (Å²) < 4.78 is 36.5. The van der Waals surface area contributed by atoms with Gasteiger partial charge in [-0.3, -0.25) is 14.4 Å². The molecule has 0 spiro atoms. The van der Waals surface area contributed by atoms with Gasteiger partial charge in [0, 0.05) is 31.7 Å². The van der Waals surface area contributed by atoms with Crippen LogP contribution in [0.1, 0.15) is 35.2 Å². The fourth-order valence-corrected chi connectivity index (χ4v) is 8.40. The molecule has 1 fully saturated rings. The van der Waals surface area contributed by atoms with Gasteiger partial charge in [-0.2, -0.15) is 4.72 Å². The van der Waals surface area contributed by atoms with Crippen LogP contribution in [0.2, 0.25) is 0 Å². The number of hydrogen-bond acceptors (Lipinski definition) is 6. The lowest BCUT2D eigenvalue weighted by atomic mass is 10.0.